The van der Waals surface area contributed by atoms with E-state index in [1.54, 1.807) is 0 Å². The number of hydrogen-bond donors (Lipinski definition) is 2. The molecule has 2 heterocycles. The number of hydrogen-bond acceptors (Lipinski definition) is 6. The number of primary amides is 1. The summed E-state index contributed by atoms with van der Waals surface area (Å²) in [7, 11) is 1.28. The van der Waals surface area contributed by atoms with Crippen molar-refractivity contribution in [2.75, 3.05) is 30.8 Å². The number of methoxy groups -OCH3 is 1. The second-order valence-electron chi connectivity index (χ2n) is 4.08. The van der Waals surface area contributed by atoms with Crippen molar-refractivity contribution in [1.29, 1.82) is 0 Å². The van der Waals surface area contributed by atoms with Crippen LogP contribution in [0.2, 0.25) is 0 Å². The van der Waals surface area contributed by atoms with Gasteiger partial charge in [-0.3, -0.25) is 4.79 Å². The SMILES string of the molecule is COC(=O)c1sc(N2CCCC2)c(C(N)=O)c1N. The van der Waals surface area contributed by atoms with Gasteiger partial charge in [0.2, 0.25) is 0 Å². The molecule has 0 radical (unpaired) electrons. The second kappa shape index (κ2) is 4.85. The molecule has 1 aromatic heterocycles. The molecular formula is C11H15N3O3S. The Hall–Kier alpha value is -1.76. The molecule has 2 rings (SSSR count). The van der Waals surface area contributed by atoms with Gasteiger partial charge in [-0.25, -0.2) is 4.79 Å². The smallest absolute Gasteiger partial charge is 0.350 e. The topological polar surface area (TPSA) is 98.6 Å². The zero-order chi connectivity index (χ0) is 13.3. The summed E-state index contributed by atoms with van der Waals surface area (Å²) in [5, 5.41) is 0.679. The van der Waals surface area contributed by atoms with E-state index in [4.69, 9.17) is 11.5 Å². The van der Waals surface area contributed by atoms with Crippen LogP contribution in [-0.4, -0.2) is 32.1 Å². The Morgan fingerprint density at radius 3 is 2.44 bits per heavy atom. The van der Waals surface area contributed by atoms with E-state index in [1.807, 2.05) is 4.90 Å². The van der Waals surface area contributed by atoms with Crippen molar-refractivity contribution in [2.45, 2.75) is 12.8 Å². The molecule has 1 aromatic rings. The Bertz CT molecular complexity index is 492. The lowest BCUT2D eigenvalue weighted by molar-refractivity contribution is 0.0607. The van der Waals surface area contributed by atoms with E-state index in [9.17, 15) is 9.59 Å². The Morgan fingerprint density at radius 1 is 1.33 bits per heavy atom. The van der Waals surface area contributed by atoms with Crippen LogP contribution in [0.1, 0.15) is 32.9 Å². The highest BCUT2D eigenvalue weighted by Gasteiger charge is 2.28. The zero-order valence-corrected chi connectivity index (χ0v) is 10.9. The van der Waals surface area contributed by atoms with Gasteiger partial charge in [0.05, 0.1) is 18.4 Å². The second-order valence-corrected chi connectivity index (χ2v) is 5.07. The number of esters is 1. The Balaban J connectivity index is 2.50. The minimum Gasteiger partial charge on any atom is -0.465 e. The first-order chi connectivity index (χ1) is 8.56. The number of thiophene rings is 1. The molecule has 7 heteroatoms. The number of ether oxygens (including phenoxy) is 1. The summed E-state index contributed by atoms with van der Waals surface area (Å²) in [6, 6.07) is 0. The van der Waals surface area contributed by atoms with E-state index in [0.29, 0.717) is 5.00 Å². The lowest BCUT2D eigenvalue weighted by Gasteiger charge is -2.16. The van der Waals surface area contributed by atoms with Crippen molar-refractivity contribution in [3.8, 4) is 0 Å². The molecule has 0 aromatic carbocycles. The van der Waals surface area contributed by atoms with E-state index in [0.717, 1.165) is 25.9 Å². The number of rotatable bonds is 3. The summed E-state index contributed by atoms with van der Waals surface area (Å²) in [6.45, 7) is 1.70. The van der Waals surface area contributed by atoms with Gasteiger partial charge in [0.1, 0.15) is 9.88 Å². The molecule has 1 amide bonds. The van der Waals surface area contributed by atoms with Crippen molar-refractivity contribution in [3.05, 3.63) is 10.4 Å². The summed E-state index contributed by atoms with van der Waals surface area (Å²) in [4.78, 5) is 25.3. The van der Waals surface area contributed by atoms with Crippen LogP contribution in [0, 0.1) is 0 Å². The summed E-state index contributed by atoms with van der Waals surface area (Å²) < 4.78 is 4.65. The highest BCUT2D eigenvalue weighted by atomic mass is 32.1. The minimum absolute atomic E-state index is 0.126. The molecule has 0 unspecified atom stereocenters. The first-order valence-electron chi connectivity index (χ1n) is 5.61. The maximum atomic E-state index is 11.6. The van der Waals surface area contributed by atoms with E-state index in [-0.39, 0.29) is 16.1 Å². The highest BCUT2D eigenvalue weighted by Crippen LogP contribution is 2.39. The summed E-state index contributed by atoms with van der Waals surface area (Å²) in [6.07, 6.45) is 2.12. The number of carbonyl (C=O) groups is 2. The summed E-state index contributed by atoms with van der Waals surface area (Å²) >= 11 is 1.17. The molecule has 0 spiro atoms. The maximum absolute atomic E-state index is 11.6. The van der Waals surface area contributed by atoms with Crippen LogP contribution >= 0.6 is 11.3 Å². The van der Waals surface area contributed by atoms with Crippen molar-refractivity contribution in [3.63, 3.8) is 0 Å². The molecule has 0 aliphatic carbocycles. The summed E-state index contributed by atoms with van der Waals surface area (Å²) in [5.41, 5.74) is 11.5. The fourth-order valence-electron chi connectivity index (χ4n) is 2.06. The molecule has 0 saturated carbocycles. The third-order valence-corrected chi connectivity index (χ3v) is 4.18. The van der Waals surface area contributed by atoms with Crippen molar-refractivity contribution in [1.82, 2.24) is 0 Å². The Morgan fingerprint density at radius 2 is 1.94 bits per heavy atom. The van der Waals surface area contributed by atoms with Gasteiger partial charge >= 0.3 is 5.97 Å². The van der Waals surface area contributed by atoms with Crippen molar-refractivity contribution < 1.29 is 14.3 Å². The Labute approximate surface area is 108 Å². The van der Waals surface area contributed by atoms with Crippen molar-refractivity contribution >= 4 is 33.9 Å². The molecule has 0 bridgehead atoms. The molecule has 18 heavy (non-hydrogen) atoms. The lowest BCUT2D eigenvalue weighted by atomic mass is 10.2. The van der Waals surface area contributed by atoms with E-state index < -0.39 is 11.9 Å². The molecule has 1 aliphatic rings. The van der Waals surface area contributed by atoms with Gasteiger partial charge in [0.15, 0.2) is 0 Å². The molecule has 4 N–H and O–H groups in total. The molecule has 1 saturated heterocycles. The standard InChI is InChI=1S/C11H15N3O3S/c1-17-11(16)8-7(12)6(9(13)15)10(18-8)14-4-2-3-5-14/h2-5,12H2,1H3,(H2,13,15). The number of nitrogens with zero attached hydrogens (tertiary/aromatic N) is 1. The van der Waals surface area contributed by atoms with Crippen LogP contribution in [0.15, 0.2) is 0 Å². The van der Waals surface area contributed by atoms with Crippen LogP contribution in [-0.2, 0) is 4.74 Å². The largest absolute Gasteiger partial charge is 0.465 e. The highest BCUT2D eigenvalue weighted by molar-refractivity contribution is 7.19. The first kappa shape index (κ1) is 12.7. The fourth-order valence-corrected chi connectivity index (χ4v) is 3.25. The van der Waals surface area contributed by atoms with E-state index in [2.05, 4.69) is 4.74 Å². The monoisotopic (exact) mass is 269 g/mol. The van der Waals surface area contributed by atoms with Gasteiger partial charge in [-0.2, -0.15) is 0 Å². The van der Waals surface area contributed by atoms with Gasteiger partial charge in [-0.15, -0.1) is 11.3 Å². The van der Waals surface area contributed by atoms with Gasteiger partial charge in [-0.05, 0) is 12.8 Å². The molecular weight excluding hydrogens is 254 g/mol. The average molecular weight is 269 g/mol. The third-order valence-electron chi connectivity index (χ3n) is 2.94. The summed E-state index contributed by atoms with van der Waals surface area (Å²) in [5.74, 6) is -1.15. The van der Waals surface area contributed by atoms with Gasteiger partial charge in [-0.1, -0.05) is 0 Å². The predicted molar refractivity (Wildman–Crippen MR) is 70.0 cm³/mol. The molecule has 6 nitrogen and oxygen atoms in total. The number of nitrogens with two attached hydrogens (primary N) is 2. The zero-order valence-electron chi connectivity index (χ0n) is 10.1. The molecule has 98 valence electrons. The first-order valence-corrected chi connectivity index (χ1v) is 6.43. The van der Waals surface area contributed by atoms with E-state index >= 15 is 0 Å². The fraction of sp³-hybridized carbons (Fsp3) is 0.455. The minimum atomic E-state index is -0.610. The number of nitrogen functional groups attached to an aromatic ring is 1. The van der Waals surface area contributed by atoms with Gasteiger partial charge < -0.3 is 21.1 Å². The predicted octanol–water partition coefficient (Wildman–Crippen LogP) is 0.816. The van der Waals surface area contributed by atoms with Gasteiger partial charge in [0, 0.05) is 13.1 Å². The quantitative estimate of drug-likeness (QED) is 0.791. The normalized spacial score (nSPS) is 14.8. The third kappa shape index (κ3) is 2.01. The number of carbonyl (C=O) groups excluding carboxylic acids is 2. The Kier molecular flexibility index (Phi) is 3.42. The van der Waals surface area contributed by atoms with Crippen LogP contribution in [0.5, 0.6) is 0 Å². The van der Waals surface area contributed by atoms with Crippen LogP contribution in [0.3, 0.4) is 0 Å². The molecule has 1 aliphatic heterocycles. The number of anilines is 2. The van der Waals surface area contributed by atoms with E-state index in [1.165, 1.54) is 18.4 Å². The van der Waals surface area contributed by atoms with Crippen LogP contribution in [0.25, 0.3) is 0 Å². The average Bonchev–Trinajstić information content (AvgIpc) is 2.94. The lowest BCUT2D eigenvalue weighted by Crippen LogP contribution is -2.22. The van der Waals surface area contributed by atoms with Crippen LogP contribution in [0.4, 0.5) is 10.7 Å². The van der Waals surface area contributed by atoms with Crippen molar-refractivity contribution in [2.24, 2.45) is 5.73 Å². The van der Waals surface area contributed by atoms with Gasteiger partial charge in [0.25, 0.3) is 5.91 Å². The molecule has 0 atom stereocenters. The maximum Gasteiger partial charge on any atom is 0.350 e. The molecule has 1 fully saturated rings. The van der Waals surface area contributed by atoms with Crippen LogP contribution < -0.4 is 16.4 Å². The number of amides is 1.